The first-order valence-corrected chi connectivity index (χ1v) is 10.9. The van der Waals surface area contributed by atoms with Gasteiger partial charge in [0.15, 0.2) is 0 Å². The van der Waals surface area contributed by atoms with Crippen molar-refractivity contribution in [3.8, 4) is 0 Å². The first-order chi connectivity index (χ1) is 14.5. The van der Waals surface area contributed by atoms with Crippen LogP contribution in [0.25, 0.3) is 0 Å². The smallest absolute Gasteiger partial charge is 1.00 e. The Hall–Kier alpha value is -1.62. The monoisotopic (exact) mass is 552 g/mol. The number of rotatable bonds is 4. The van der Waals surface area contributed by atoms with E-state index in [-0.39, 0.29) is 43.4 Å². The van der Waals surface area contributed by atoms with Crippen LogP contribution in [-0.2, 0) is 18.6 Å². The van der Waals surface area contributed by atoms with Gasteiger partial charge in [0.05, 0.1) is 34.2 Å². The van der Waals surface area contributed by atoms with Crippen molar-refractivity contribution in [1.29, 1.82) is 0 Å². The third-order valence-electron chi connectivity index (χ3n) is 5.36. The summed E-state index contributed by atoms with van der Waals surface area (Å²) in [7, 11) is 0. The summed E-state index contributed by atoms with van der Waals surface area (Å²) >= 11 is 6.46. The van der Waals surface area contributed by atoms with Crippen molar-refractivity contribution in [2.24, 2.45) is 9.98 Å². The van der Waals surface area contributed by atoms with Crippen LogP contribution in [0.4, 0.5) is 11.4 Å². The fourth-order valence-electron chi connectivity index (χ4n) is 4.02. The maximum Gasteiger partial charge on any atom is 2.00 e. The average Bonchev–Trinajstić information content (AvgIpc) is 2.66. The zero-order chi connectivity index (χ0) is 22.9. The van der Waals surface area contributed by atoms with Gasteiger partial charge in [0.1, 0.15) is 0 Å². The second-order valence-electron chi connectivity index (χ2n) is 8.44. The molecule has 3 nitrogen and oxygen atoms in total. The van der Waals surface area contributed by atoms with Crippen molar-refractivity contribution in [2.75, 3.05) is 0 Å². The fraction of sp³-hybridized carbons (Fsp3) is 0.296. The topological polar surface area (TPSA) is 37.6 Å². The molecule has 2 aromatic carbocycles. The maximum atomic E-state index is 6.46. The van der Waals surface area contributed by atoms with E-state index in [9.17, 15) is 0 Å². The maximum absolute atomic E-state index is 6.46. The van der Waals surface area contributed by atoms with Crippen LogP contribution in [0.2, 0.25) is 5.02 Å². The second-order valence-corrected chi connectivity index (χ2v) is 8.88. The van der Waals surface area contributed by atoms with E-state index in [4.69, 9.17) is 26.6 Å². The number of pyridine rings is 1. The SMILES string of the molecule is CC(=Nc1c(C)cc(C)cc1C)c1cc(Cl)cc(C(C)=Nc2c(C)cc(C)cc2C)n1.[Cl-].[Cl-].[V+2]. The van der Waals surface area contributed by atoms with Crippen LogP contribution in [0.1, 0.15) is 58.6 Å². The molecule has 0 aliphatic heterocycles. The van der Waals surface area contributed by atoms with Crippen LogP contribution in [0.15, 0.2) is 46.4 Å². The summed E-state index contributed by atoms with van der Waals surface area (Å²) in [5.74, 6) is 0. The quantitative estimate of drug-likeness (QED) is 0.455. The molecule has 0 bridgehead atoms. The van der Waals surface area contributed by atoms with Crippen LogP contribution in [0, 0.1) is 41.5 Å². The molecule has 0 amide bonds. The van der Waals surface area contributed by atoms with Crippen LogP contribution >= 0.6 is 11.6 Å². The normalized spacial score (nSPS) is 11.3. The summed E-state index contributed by atoms with van der Waals surface area (Å²) < 4.78 is 0. The average molecular weight is 554 g/mol. The molecule has 0 aliphatic rings. The van der Waals surface area contributed by atoms with Gasteiger partial charge in [-0.1, -0.05) is 47.0 Å². The Morgan fingerprint density at radius 2 is 0.912 bits per heavy atom. The van der Waals surface area contributed by atoms with E-state index in [1.54, 1.807) is 0 Å². The molecule has 3 aromatic rings. The van der Waals surface area contributed by atoms with Gasteiger partial charge in [-0.2, -0.15) is 0 Å². The van der Waals surface area contributed by atoms with Gasteiger partial charge < -0.3 is 24.8 Å². The summed E-state index contributed by atoms with van der Waals surface area (Å²) in [6.45, 7) is 16.5. The van der Waals surface area contributed by atoms with E-state index in [0.29, 0.717) is 5.02 Å². The molecule has 1 aromatic heterocycles. The molecule has 0 spiro atoms. The van der Waals surface area contributed by atoms with E-state index in [0.717, 1.165) is 56.4 Å². The number of benzene rings is 2. The van der Waals surface area contributed by atoms with Gasteiger partial charge in [-0.3, -0.25) is 9.98 Å². The van der Waals surface area contributed by atoms with Crippen LogP contribution in [0.5, 0.6) is 0 Å². The van der Waals surface area contributed by atoms with Crippen molar-refractivity contribution >= 4 is 34.4 Å². The number of hydrogen-bond donors (Lipinski definition) is 0. The van der Waals surface area contributed by atoms with Gasteiger partial charge in [-0.15, -0.1) is 0 Å². The molecule has 0 fully saturated rings. The van der Waals surface area contributed by atoms with E-state index in [2.05, 4.69) is 65.8 Å². The molecule has 0 aliphatic carbocycles. The molecule has 1 heterocycles. The minimum absolute atomic E-state index is 0. The summed E-state index contributed by atoms with van der Waals surface area (Å²) in [6, 6.07) is 12.3. The number of halogens is 3. The van der Waals surface area contributed by atoms with Gasteiger partial charge in [0, 0.05) is 5.02 Å². The molecular formula is C27H30Cl3N3V. The van der Waals surface area contributed by atoms with Crippen molar-refractivity contribution in [3.63, 3.8) is 0 Å². The second kappa shape index (κ2) is 13.5. The standard InChI is InChI=1S/C27H30ClN3.2ClH.V/c1-15-9-17(3)26(18(4)10-15)29-21(7)24-13-23(28)14-25(31-24)22(8)30-27-19(5)11-16(2)12-20(27)6;;;/h9-14H,1-8H3;2*1H;/q;;;+2/p-2. The summed E-state index contributed by atoms with van der Waals surface area (Å²) in [5, 5.41) is 0.624. The van der Waals surface area contributed by atoms with Crippen molar-refractivity contribution in [3.05, 3.63) is 86.2 Å². The summed E-state index contributed by atoms with van der Waals surface area (Å²) in [4.78, 5) is 14.6. The van der Waals surface area contributed by atoms with Gasteiger partial charge in [-0.05, 0) is 89.8 Å². The Morgan fingerprint density at radius 3 is 1.21 bits per heavy atom. The zero-order valence-corrected chi connectivity index (χ0v) is 24.6. The fourth-order valence-corrected chi connectivity index (χ4v) is 4.22. The minimum atomic E-state index is 0. The molecule has 34 heavy (non-hydrogen) atoms. The Kier molecular flexibility index (Phi) is 12.8. The molecule has 7 heteroatoms. The predicted octanol–water partition coefficient (Wildman–Crippen LogP) is 1.87. The number of aliphatic imine (C=N–C) groups is 2. The first kappa shape index (κ1) is 32.4. The third kappa shape index (κ3) is 7.70. The van der Waals surface area contributed by atoms with Gasteiger partial charge in [0.25, 0.3) is 0 Å². The molecule has 0 unspecified atom stereocenters. The molecule has 3 rings (SSSR count). The van der Waals surface area contributed by atoms with E-state index < -0.39 is 0 Å². The van der Waals surface area contributed by atoms with E-state index in [1.807, 2.05) is 26.0 Å². The van der Waals surface area contributed by atoms with Crippen LogP contribution in [0.3, 0.4) is 0 Å². The molecule has 1 radical (unpaired) electrons. The van der Waals surface area contributed by atoms with E-state index >= 15 is 0 Å². The Morgan fingerprint density at radius 1 is 0.618 bits per heavy atom. The van der Waals surface area contributed by atoms with Crippen molar-refractivity contribution < 1.29 is 43.4 Å². The van der Waals surface area contributed by atoms with E-state index in [1.165, 1.54) is 11.1 Å². The van der Waals surface area contributed by atoms with Crippen molar-refractivity contribution in [2.45, 2.75) is 55.4 Å². The largest absolute Gasteiger partial charge is 2.00 e. The number of nitrogens with zero attached hydrogens (tertiary/aromatic N) is 3. The number of aromatic nitrogens is 1. The molecule has 0 saturated carbocycles. The van der Waals surface area contributed by atoms with Gasteiger partial charge in [-0.25, -0.2) is 4.98 Å². The number of aryl methyl sites for hydroxylation is 6. The molecule has 0 saturated heterocycles. The van der Waals surface area contributed by atoms with Gasteiger partial charge in [0.2, 0.25) is 0 Å². The summed E-state index contributed by atoms with van der Waals surface area (Å²) in [5.41, 5.74) is 12.2. The minimum Gasteiger partial charge on any atom is -1.00 e. The first-order valence-electron chi connectivity index (χ1n) is 10.5. The zero-order valence-electron chi connectivity index (χ0n) is 20.9. The Labute approximate surface area is 233 Å². The van der Waals surface area contributed by atoms with Crippen LogP contribution in [-0.4, -0.2) is 16.4 Å². The van der Waals surface area contributed by atoms with Crippen LogP contribution < -0.4 is 24.8 Å². The van der Waals surface area contributed by atoms with Gasteiger partial charge >= 0.3 is 18.6 Å². The molecular weight excluding hydrogens is 524 g/mol. The predicted molar refractivity (Wildman–Crippen MR) is 134 cm³/mol. The molecule has 179 valence electrons. The summed E-state index contributed by atoms with van der Waals surface area (Å²) in [6.07, 6.45) is 0. The Bertz CT molecular complexity index is 1100. The third-order valence-corrected chi connectivity index (χ3v) is 5.58. The van der Waals surface area contributed by atoms with Crippen molar-refractivity contribution in [1.82, 2.24) is 4.98 Å². The number of hydrogen-bond acceptors (Lipinski definition) is 3. The Balaban J connectivity index is 0.00000363. The molecule has 0 N–H and O–H groups in total. The molecule has 0 atom stereocenters.